The first-order chi connectivity index (χ1) is 9.79. The molecule has 0 saturated carbocycles. The minimum Gasteiger partial charge on any atom is -0.493 e. The van der Waals surface area contributed by atoms with Gasteiger partial charge in [0.15, 0.2) is 0 Å². The van der Waals surface area contributed by atoms with E-state index in [1.807, 2.05) is 31.0 Å². The molecule has 0 saturated heterocycles. The monoisotopic (exact) mass is 271 g/mol. The fourth-order valence-electron chi connectivity index (χ4n) is 2.97. The Bertz CT molecular complexity index is 591. The quantitative estimate of drug-likeness (QED) is 0.906. The number of rotatable bonds is 5. The van der Waals surface area contributed by atoms with Crippen molar-refractivity contribution in [2.75, 3.05) is 13.7 Å². The molecule has 1 heterocycles. The molecule has 3 rings (SSSR count). The molecule has 2 aromatic rings. The first-order valence-corrected chi connectivity index (χ1v) is 7.18. The molecule has 1 unspecified atom stereocenters. The Morgan fingerprint density at radius 3 is 3.05 bits per heavy atom. The highest BCUT2D eigenvalue weighted by atomic mass is 16.5. The van der Waals surface area contributed by atoms with Crippen LogP contribution in [0.15, 0.2) is 30.5 Å². The Morgan fingerprint density at radius 1 is 1.40 bits per heavy atom. The lowest BCUT2D eigenvalue weighted by Gasteiger charge is -2.13. The Kier molecular flexibility index (Phi) is 3.74. The molecular formula is C16H21N3O. The fourth-order valence-corrected chi connectivity index (χ4v) is 2.97. The molecule has 0 spiro atoms. The average Bonchev–Trinajstić information content (AvgIpc) is 3.06. The topological polar surface area (TPSA) is 39.1 Å². The van der Waals surface area contributed by atoms with Crippen molar-refractivity contribution in [3.8, 4) is 5.75 Å². The lowest BCUT2D eigenvalue weighted by molar-refractivity contribution is 0.315. The standard InChI is InChI=1S/C16H21N3O/c1-17-15-7-6-14-13(15)4-3-5-16(14)20-11-9-12-8-10-18-19(12)2/h3-5,8,10,15,17H,6-7,9,11H2,1-2H3. The van der Waals surface area contributed by atoms with Crippen LogP contribution < -0.4 is 10.1 Å². The first kappa shape index (κ1) is 13.2. The van der Waals surface area contributed by atoms with Crippen LogP contribution in [0.25, 0.3) is 0 Å². The van der Waals surface area contributed by atoms with Crippen molar-refractivity contribution in [1.29, 1.82) is 0 Å². The summed E-state index contributed by atoms with van der Waals surface area (Å²) in [4.78, 5) is 0. The van der Waals surface area contributed by atoms with Crippen LogP contribution in [0.3, 0.4) is 0 Å². The molecule has 1 aromatic heterocycles. The molecule has 1 atom stereocenters. The number of benzene rings is 1. The second-order valence-corrected chi connectivity index (χ2v) is 5.25. The summed E-state index contributed by atoms with van der Waals surface area (Å²) in [5.74, 6) is 1.04. The van der Waals surface area contributed by atoms with Crippen molar-refractivity contribution < 1.29 is 4.74 Å². The van der Waals surface area contributed by atoms with Crippen molar-refractivity contribution in [3.05, 3.63) is 47.3 Å². The Hall–Kier alpha value is -1.81. The van der Waals surface area contributed by atoms with Crippen LogP contribution in [0.4, 0.5) is 0 Å². The maximum atomic E-state index is 6.00. The fraction of sp³-hybridized carbons (Fsp3) is 0.438. The highest BCUT2D eigenvalue weighted by molar-refractivity contribution is 5.45. The zero-order chi connectivity index (χ0) is 13.9. The van der Waals surface area contributed by atoms with Crippen LogP contribution in [0.2, 0.25) is 0 Å². The molecule has 4 heteroatoms. The summed E-state index contributed by atoms with van der Waals surface area (Å²) in [7, 11) is 3.99. The van der Waals surface area contributed by atoms with Gasteiger partial charge in [-0.25, -0.2) is 0 Å². The Balaban J connectivity index is 1.67. The van der Waals surface area contributed by atoms with Crippen molar-refractivity contribution in [3.63, 3.8) is 0 Å². The SMILES string of the molecule is CNC1CCc2c(OCCc3ccnn3C)cccc21. The summed E-state index contributed by atoms with van der Waals surface area (Å²) >= 11 is 0. The van der Waals surface area contributed by atoms with E-state index < -0.39 is 0 Å². The smallest absolute Gasteiger partial charge is 0.122 e. The Labute approximate surface area is 119 Å². The van der Waals surface area contributed by atoms with Crippen molar-refractivity contribution >= 4 is 0 Å². The number of hydrogen-bond acceptors (Lipinski definition) is 3. The van der Waals surface area contributed by atoms with E-state index in [-0.39, 0.29) is 0 Å². The van der Waals surface area contributed by atoms with E-state index >= 15 is 0 Å². The van der Waals surface area contributed by atoms with Gasteiger partial charge in [-0.2, -0.15) is 5.10 Å². The van der Waals surface area contributed by atoms with Gasteiger partial charge in [0.25, 0.3) is 0 Å². The Morgan fingerprint density at radius 2 is 2.30 bits per heavy atom. The lowest BCUT2D eigenvalue weighted by atomic mass is 10.1. The highest BCUT2D eigenvalue weighted by Crippen LogP contribution is 2.36. The molecule has 0 amide bonds. The van der Waals surface area contributed by atoms with Gasteiger partial charge in [-0.1, -0.05) is 12.1 Å². The molecule has 0 radical (unpaired) electrons. The highest BCUT2D eigenvalue weighted by Gasteiger charge is 2.23. The molecule has 20 heavy (non-hydrogen) atoms. The van der Waals surface area contributed by atoms with Gasteiger partial charge < -0.3 is 10.1 Å². The zero-order valence-electron chi connectivity index (χ0n) is 12.1. The van der Waals surface area contributed by atoms with Gasteiger partial charge in [0.2, 0.25) is 0 Å². The van der Waals surface area contributed by atoms with Gasteiger partial charge in [0.1, 0.15) is 5.75 Å². The van der Waals surface area contributed by atoms with Crippen molar-refractivity contribution in [2.24, 2.45) is 7.05 Å². The summed E-state index contributed by atoms with van der Waals surface area (Å²) in [5, 5.41) is 7.54. The number of ether oxygens (including phenoxy) is 1. The van der Waals surface area contributed by atoms with Crippen LogP contribution in [-0.2, 0) is 19.9 Å². The second kappa shape index (κ2) is 5.67. The van der Waals surface area contributed by atoms with Gasteiger partial charge in [0.05, 0.1) is 6.61 Å². The maximum Gasteiger partial charge on any atom is 0.122 e. The van der Waals surface area contributed by atoms with Crippen LogP contribution in [0, 0.1) is 0 Å². The van der Waals surface area contributed by atoms with Gasteiger partial charge in [-0.05, 0) is 43.1 Å². The maximum absolute atomic E-state index is 6.00. The molecular weight excluding hydrogens is 250 g/mol. The van der Waals surface area contributed by atoms with E-state index in [4.69, 9.17) is 4.74 Å². The summed E-state index contributed by atoms with van der Waals surface area (Å²) in [5.41, 5.74) is 3.97. The third-order valence-corrected chi connectivity index (χ3v) is 4.11. The van der Waals surface area contributed by atoms with Gasteiger partial charge in [-0.3, -0.25) is 4.68 Å². The summed E-state index contributed by atoms with van der Waals surface area (Å²) in [6.07, 6.45) is 4.97. The van der Waals surface area contributed by atoms with E-state index in [0.29, 0.717) is 12.6 Å². The van der Waals surface area contributed by atoms with Gasteiger partial charge in [0, 0.05) is 31.4 Å². The number of nitrogens with one attached hydrogen (secondary N) is 1. The molecule has 106 valence electrons. The number of aromatic nitrogens is 2. The molecule has 0 fully saturated rings. The van der Waals surface area contributed by atoms with E-state index in [1.54, 1.807) is 0 Å². The number of nitrogens with zero attached hydrogens (tertiary/aromatic N) is 2. The molecule has 1 aliphatic carbocycles. The van der Waals surface area contributed by atoms with Gasteiger partial charge in [-0.15, -0.1) is 0 Å². The largest absolute Gasteiger partial charge is 0.493 e. The molecule has 1 aromatic carbocycles. The van der Waals surface area contributed by atoms with Gasteiger partial charge >= 0.3 is 0 Å². The predicted molar refractivity (Wildman–Crippen MR) is 79.0 cm³/mol. The van der Waals surface area contributed by atoms with E-state index in [1.165, 1.54) is 16.8 Å². The van der Waals surface area contributed by atoms with Crippen LogP contribution >= 0.6 is 0 Å². The minimum atomic E-state index is 0.477. The summed E-state index contributed by atoms with van der Waals surface area (Å²) < 4.78 is 7.90. The molecule has 1 N–H and O–H groups in total. The zero-order valence-corrected chi connectivity index (χ0v) is 12.1. The average molecular weight is 271 g/mol. The van der Waals surface area contributed by atoms with Crippen LogP contribution in [-0.4, -0.2) is 23.4 Å². The molecule has 4 nitrogen and oxygen atoms in total. The summed E-state index contributed by atoms with van der Waals surface area (Å²) in [6, 6.07) is 8.90. The predicted octanol–water partition coefficient (Wildman–Crippen LogP) is 2.25. The molecule has 0 bridgehead atoms. The van der Waals surface area contributed by atoms with E-state index in [2.05, 4.69) is 28.6 Å². The number of aryl methyl sites for hydroxylation is 1. The normalized spacial score (nSPS) is 17.2. The third-order valence-electron chi connectivity index (χ3n) is 4.11. The van der Waals surface area contributed by atoms with Crippen LogP contribution in [0.1, 0.15) is 29.3 Å². The van der Waals surface area contributed by atoms with Crippen molar-refractivity contribution in [1.82, 2.24) is 15.1 Å². The second-order valence-electron chi connectivity index (χ2n) is 5.25. The first-order valence-electron chi connectivity index (χ1n) is 7.18. The van der Waals surface area contributed by atoms with Crippen molar-refractivity contribution in [2.45, 2.75) is 25.3 Å². The van der Waals surface area contributed by atoms with E-state index in [0.717, 1.165) is 25.0 Å². The summed E-state index contributed by atoms with van der Waals surface area (Å²) in [6.45, 7) is 0.695. The third kappa shape index (κ3) is 2.43. The van der Waals surface area contributed by atoms with E-state index in [9.17, 15) is 0 Å². The number of fused-ring (bicyclic) bond motifs is 1. The molecule has 1 aliphatic rings. The number of hydrogen-bond donors (Lipinski definition) is 1. The molecule has 0 aliphatic heterocycles. The van der Waals surface area contributed by atoms with Crippen LogP contribution in [0.5, 0.6) is 5.75 Å². The lowest BCUT2D eigenvalue weighted by Crippen LogP contribution is -2.12. The minimum absolute atomic E-state index is 0.477.